The Kier molecular flexibility index (Phi) is 7.55. The summed E-state index contributed by atoms with van der Waals surface area (Å²) in [5.74, 6) is 1.66. The number of rotatable bonds is 8. The Morgan fingerprint density at radius 2 is 2.08 bits per heavy atom. The highest BCUT2D eigenvalue weighted by atomic mass is 32.1. The van der Waals surface area contributed by atoms with Gasteiger partial charge in [-0.05, 0) is 25.5 Å². The summed E-state index contributed by atoms with van der Waals surface area (Å²) < 4.78 is 5.84. The number of aryl methyl sites for hydroxylation is 1. The zero-order valence-electron chi connectivity index (χ0n) is 14.6. The second kappa shape index (κ2) is 9.93. The molecule has 130 valence electrons. The fourth-order valence-corrected chi connectivity index (χ4v) is 3.01. The third-order valence-electron chi connectivity index (χ3n) is 3.44. The van der Waals surface area contributed by atoms with Gasteiger partial charge >= 0.3 is 0 Å². The van der Waals surface area contributed by atoms with Crippen LogP contribution >= 0.6 is 11.3 Å². The largest absolute Gasteiger partial charge is 0.489 e. The second-order valence-electron chi connectivity index (χ2n) is 5.45. The lowest BCUT2D eigenvalue weighted by atomic mass is 10.3. The van der Waals surface area contributed by atoms with E-state index in [1.165, 1.54) is 4.88 Å². The van der Waals surface area contributed by atoms with Gasteiger partial charge in [0.25, 0.3) is 0 Å². The first-order chi connectivity index (χ1) is 11.7. The van der Waals surface area contributed by atoms with Crippen LogP contribution in [-0.2, 0) is 12.8 Å². The van der Waals surface area contributed by atoms with Gasteiger partial charge in [-0.15, -0.1) is 11.3 Å². The van der Waals surface area contributed by atoms with E-state index in [4.69, 9.17) is 4.74 Å². The molecule has 0 bridgehead atoms. The first-order valence-electron chi connectivity index (χ1n) is 8.31. The van der Waals surface area contributed by atoms with Crippen molar-refractivity contribution in [1.29, 1.82) is 0 Å². The molecule has 0 aliphatic rings. The van der Waals surface area contributed by atoms with Crippen LogP contribution in [0.15, 0.2) is 41.5 Å². The van der Waals surface area contributed by atoms with Crippen molar-refractivity contribution in [3.05, 3.63) is 46.4 Å². The van der Waals surface area contributed by atoms with E-state index in [1.807, 2.05) is 43.5 Å². The standard InChI is InChI=1S/C18H26N4OS/c1-4-16-13-21-17(24-16)10-11-20-18(19-3)22-12-14(2)23-15-8-6-5-7-9-15/h5-9,13-14H,4,10-12H2,1-3H3,(H2,19,20,22). The Bertz CT molecular complexity index is 627. The molecule has 0 fully saturated rings. The molecular formula is C18H26N4OS. The maximum atomic E-state index is 5.84. The van der Waals surface area contributed by atoms with Crippen molar-refractivity contribution in [2.24, 2.45) is 4.99 Å². The Balaban J connectivity index is 1.68. The molecule has 2 rings (SSSR count). The Labute approximate surface area is 148 Å². The van der Waals surface area contributed by atoms with E-state index in [0.717, 1.165) is 36.1 Å². The summed E-state index contributed by atoms with van der Waals surface area (Å²) in [5.41, 5.74) is 0. The molecular weight excluding hydrogens is 320 g/mol. The molecule has 0 saturated heterocycles. The Morgan fingerprint density at radius 3 is 2.75 bits per heavy atom. The molecule has 0 amide bonds. The SMILES string of the molecule is CCc1cnc(CCNC(=NC)NCC(C)Oc2ccccc2)s1. The highest BCUT2D eigenvalue weighted by Crippen LogP contribution is 2.13. The Hall–Kier alpha value is -2.08. The highest BCUT2D eigenvalue weighted by molar-refractivity contribution is 7.11. The van der Waals surface area contributed by atoms with Crippen LogP contribution in [-0.4, -0.2) is 37.2 Å². The molecule has 1 aromatic carbocycles. The van der Waals surface area contributed by atoms with E-state index in [1.54, 1.807) is 18.4 Å². The minimum absolute atomic E-state index is 0.0528. The zero-order valence-corrected chi connectivity index (χ0v) is 15.4. The number of nitrogens with zero attached hydrogens (tertiary/aromatic N) is 2. The van der Waals surface area contributed by atoms with Crippen LogP contribution in [0, 0.1) is 0 Å². The number of thiazole rings is 1. The van der Waals surface area contributed by atoms with E-state index < -0.39 is 0 Å². The fourth-order valence-electron chi connectivity index (χ4n) is 2.15. The lowest BCUT2D eigenvalue weighted by Gasteiger charge is -2.17. The summed E-state index contributed by atoms with van der Waals surface area (Å²) in [4.78, 5) is 10.0. The molecule has 6 heteroatoms. The number of hydrogen-bond donors (Lipinski definition) is 2. The van der Waals surface area contributed by atoms with Gasteiger partial charge in [-0.25, -0.2) is 4.98 Å². The molecule has 0 spiro atoms. The quantitative estimate of drug-likeness (QED) is 0.570. The molecule has 2 aromatic rings. The smallest absolute Gasteiger partial charge is 0.191 e. The van der Waals surface area contributed by atoms with E-state index in [9.17, 15) is 0 Å². The first-order valence-corrected chi connectivity index (χ1v) is 9.12. The molecule has 0 aliphatic carbocycles. The molecule has 1 atom stereocenters. The number of aromatic nitrogens is 1. The van der Waals surface area contributed by atoms with Crippen molar-refractivity contribution >= 4 is 17.3 Å². The first kappa shape index (κ1) is 18.3. The second-order valence-corrected chi connectivity index (χ2v) is 6.65. The molecule has 24 heavy (non-hydrogen) atoms. The molecule has 1 unspecified atom stereocenters. The lowest BCUT2D eigenvalue weighted by molar-refractivity contribution is 0.224. The molecule has 2 N–H and O–H groups in total. The van der Waals surface area contributed by atoms with E-state index in [0.29, 0.717) is 6.54 Å². The van der Waals surface area contributed by atoms with Crippen LogP contribution in [0.25, 0.3) is 0 Å². The average molecular weight is 346 g/mol. The number of hydrogen-bond acceptors (Lipinski definition) is 4. The number of benzene rings is 1. The summed E-state index contributed by atoms with van der Waals surface area (Å²) in [6.45, 7) is 5.69. The summed E-state index contributed by atoms with van der Waals surface area (Å²) in [7, 11) is 1.77. The zero-order chi connectivity index (χ0) is 17.2. The maximum absolute atomic E-state index is 5.84. The molecule has 0 saturated carbocycles. The molecule has 1 aromatic heterocycles. The van der Waals surface area contributed by atoms with Crippen LogP contribution in [0.1, 0.15) is 23.7 Å². The fraction of sp³-hybridized carbons (Fsp3) is 0.444. The van der Waals surface area contributed by atoms with Gasteiger partial charge in [0.2, 0.25) is 0 Å². The molecule has 5 nitrogen and oxygen atoms in total. The van der Waals surface area contributed by atoms with Crippen LogP contribution in [0.4, 0.5) is 0 Å². The number of guanidine groups is 1. The van der Waals surface area contributed by atoms with Crippen LogP contribution in [0.2, 0.25) is 0 Å². The van der Waals surface area contributed by atoms with Gasteiger partial charge in [-0.1, -0.05) is 25.1 Å². The third kappa shape index (κ3) is 6.20. The summed E-state index contributed by atoms with van der Waals surface area (Å²) in [6, 6.07) is 9.84. The number of para-hydroxylation sites is 1. The van der Waals surface area contributed by atoms with Gasteiger partial charge in [0.05, 0.1) is 11.6 Å². The average Bonchev–Trinajstić information content (AvgIpc) is 3.07. The van der Waals surface area contributed by atoms with E-state index in [-0.39, 0.29) is 6.10 Å². The van der Waals surface area contributed by atoms with Gasteiger partial charge in [-0.2, -0.15) is 0 Å². The minimum Gasteiger partial charge on any atom is -0.489 e. The summed E-state index contributed by atoms with van der Waals surface area (Å²) >= 11 is 1.78. The van der Waals surface area contributed by atoms with Gasteiger partial charge in [0.1, 0.15) is 11.9 Å². The highest BCUT2D eigenvalue weighted by Gasteiger charge is 2.06. The van der Waals surface area contributed by atoms with Crippen molar-refractivity contribution < 1.29 is 4.74 Å². The summed E-state index contributed by atoms with van der Waals surface area (Å²) in [5, 5.41) is 7.77. The third-order valence-corrected chi connectivity index (χ3v) is 4.64. The predicted molar refractivity (Wildman–Crippen MR) is 101 cm³/mol. The lowest BCUT2D eigenvalue weighted by Crippen LogP contribution is -2.42. The van der Waals surface area contributed by atoms with E-state index in [2.05, 4.69) is 27.5 Å². The van der Waals surface area contributed by atoms with Crippen LogP contribution in [0.3, 0.4) is 0 Å². The van der Waals surface area contributed by atoms with Crippen molar-refractivity contribution in [1.82, 2.24) is 15.6 Å². The summed E-state index contributed by atoms with van der Waals surface area (Å²) in [6.07, 6.45) is 3.97. The number of aliphatic imine (C=N–C) groups is 1. The maximum Gasteiger partial charge on any atom is 0.191 e. The number of nitrogens with one attached hydrogen (secondary N) is 2. The van der Waals surface area contributed by atoms with Crippen molar-refractivity contribution in [2.75, 3.05) is 20.1 Å². The normalized spacial score (nSPS) is 12.7. The minimum atomic E-state index is 0.0528. The monoisotopic (exact) mass is 346 g/mol. The molecule has 1 heterocycles. The van der Waals surface area contributed by atoms with Crippen LogP contribution in [0.5, 0.6) is 5.75 Å². The van der Waals surface area contributed by atoms with Crippen LogP contribution < -0.4 is 15.4 Å². The van der Waals surface area contributed by atoms with Crippen molar-refractivity contribution in [3.8, 4) is 5.75 Å². The molecule has 0 aliphatic heterocycles. The van der Waals surface area contributed by atoms with Gasteiger partial charge in [0, 0.05) is 31.1 Å². The number of ether oxygens (including phenoxy) is 1. The predicted octanol–water partition coefficient (Wildman–Crippen LogP) is 2.88. The van der Waals surface area contributed by atoms with Crippen molar-refractivity contribution in [2.45, 2.75) is 32.8 Å². The Morgan fingerprint density at radius 1 is 1.29 bits per heavy atom. The van der Waals surface area contributed by atoms with Gasteiger partial charge in [-0.3, -0.25) is 4.99 Å². The van der Waals surface area contributed by atoms with E-state index >= 15 is 0 Å². The van der Waals surface area contributed by atoms with Gasteiger partial charge in [0.15, 0.2) is 5.96 Å². The molecule has 0 radical (unpaired) electrons. The van der Waals surface area contributed by atoms with Crippen molar-refractivity contribution in [3.63, 3.8) is 0 Å². The topological polar surface area (TPSA) is 58.5 Å². The van der Waals surface area contributed by atoms with Gasteiger partial charge < -0.3 is 15.4 Å².